The second kappa shape index (κ2) is 6.10. The summed E-state index contributed by atoms with van der Waals surface area (Å²) in [7, 11) is 0. The molecule has 0 spiro atoms. The van der Waals surface area contributed by atoms with E-state index < -0.39 is 0 Å². The van der Waals surface area contributed by atoms with Crippen LogP contribution in [0.25, 0.3) is 10.6 Å². The Morgan fingerprint density at radius 2 is 2.05 bits per heavy atom. The highest BCUT2D eigenvalue weighted by atomic mass is 32.1. The number of aromatic nitrogens is 3. The molecule has 1 fully saturated rings. The molecule has 1 aliphatic rings. The highest BCUT2D eigenvalue weighted by Gasteiger charge is 2.25. The van der Waals surface area contributed by atoms with Crippen molar-refractivity contribution in [3.05, 3.63) is 22.8 Å². The zero-order valence-electron chi connectivity index (χ0n) is 12.8. The van der Waals surface area contributed by atoms with E-state index >= 15 is 0 Å². The van der Waals surface area contributed by atoms with Gasteiger partial charge in [0.2, 0.25) is 0 Å². The molecule has 0 aliphatic carbocycles. The van der Waals surface area contributed by atoms with Crippen LogP contribution in [0, 0.1) is 6.92 Å². The van der Waals surface area contributed by atoms with E-state index in [2.05, 4.69) is 20.1 Å². The van der Waals surface area contributed by atoms with Gasteiger partial charge in [-0.3, -0.25) is 4.79 Å². The maximum absolute atomic E-state index is 11.5. The topological polar surface area (TPSA) is 68.2 Å². The Bertz CT molecular complexity index is 678. The molecule has 116 valence electrons. The summed E-state index contributed by atoms with van der Waals surface area (Å²) in [5.74, 6) is 0.710. The van der Waals surface area contributed by atoms with Gasteiger partial charge in [-0.25, -0.2) is 4.98 Å². The van der Waals surface area contributed by atoms with Crippen molar-refractivity contribution < 1.29 is 9.53 Å². The lowest BCUT2D eigenvalue weighted by molar-refractivity contribution is -0.00549. The lowest BCUT2D eigenvalue weighted by Crippen LogP contribution is -2.46. The molecule has 0 amide bonds. The van der Waals surface area contributed by atoms with Gasteiger partial charge in [-0.1, -0.05) is 11.3 Å². The Labute approximate surface area is 133 Å². The molecule has 2 aromatic heterocycles. The van der Waals surface area contributed by atoms with Gasteiger partial charge in [-0.05, 0) is 26.8 Å². The van der Waals surface area contributed by atoms with Crippen molar-refractivity contribution in [2.75, 3.05) is 18.0 Å². The Balaban J connectivity index is 1.94. The van der Waals surface area contributed by atoms with E-state index in [4.69, 9.17) is 4.74 Å². The number of morpholine rings is 1. The third kappa shape index (κ3) is 3.00. The zero-order valence-corrected chi connectivity index (χ0v) is 13.6. The zero-order chi connectivity index (χ0) is 15.7. The number of pyridine rings is 1. The molecule has 3 rings (SSSR count). The van der Waals surface area contributed by atoms with Crippen molar-refractivity contribution in [2.24, 2.45) is 0 Å². The molecule has 0 saturated carbocycles. The molecule has 0 radical (unpaired) electrons. The third-order valence-corrected chi connectivity index (χ3v) is 4.40. The molecule has 0 N–H and O–H groups in total. The van der Waals surface area contributed by atoms with Crippen LogP contribution in [-0.4, -0.2) is 46.8 Å². The highest BCUT2D eigenvalue weighted by Crippen LogP contribution is 2.28. The molecule has 2 atom stereocenters. The molecule has 3 heterocycles. The number of hydrogen-bond acceptors (Lipinski definition) is 7. The van der Waals surface area contributed by atoms with Crippen LogP contribution in [0.1, 0.15) is 29.2 Å². The summed E-state index contributed by atoms with van der Waals surface area (Å²) in [4.78, 5) is 18.1. The average Bonchev–Trinajstić information content (AvgIpc) is 2.92. The molecular weight excluding hydrogens is 300 g/mol. The summed E-state index contributed by atoms with van der Waals surface area (Å²) in [5, 5.41) is 9.78. The van der Waals surface area contributed by atoms with Crippen molar-refractivity contribution in [3.8, 4) is 10.6 Å². The van der Waals surface area contributed by atoms with Gasteiger partial charge in [-0.15, -0.1) is 10.2 Å². The minimum atomic E-state index is 0.121. The van der Waals surface area contributed by atoms with Gasteiger partial charge in [0.1, 0.15) is 15.8 Å². The minimum absolute atomic E-state index is 0.121. The van der Waals surface area contributed by atoms with E-state index in [1.165, 1.54) is 11.3 Å². The lowest BCUT2D eigenvalue weighted by Gasteiger charge is -2.36. The molecule has 0 unspecified atom stereocenters. The number of rotatable bonds is 3. The summed E-state index contributed by atoms with van der Waals surface area (Å²) in [6.07, 6.45) is 2.85. The van der Waals surface area contributed by atoms with Gasteiger partial charge < -0.3 is 9.64 Å². The van der Waals surface area contributed by atoms with Gasteiger partial charge in [-0.2, -0.15) is 0 Å². The molecule has 0 aromatic carbocycles. The number of aldehydes is 1. The van der Waals surface area contributed by atoms with Crippen LogP contribution in [0.3, 0.4) is 0 Å². The van der Waals surface area contributed by atoms with Crippen molar-refractivity contribution >= 4 is 23.4 Å². The van der Waals surface area contributed by atoms with E-state index in [9.17, 15) is 4.79 Å². The predicted molar refractivity (Wildman–Crippen MR) is 85.5 cm³/mol. The number of carbonyl (C=O) groups excluding carboxylic acids is 1. The molecular formula is C15H18N4O2S. The van der Waals surface area contributed by atoms with Crippen molar-refractivity contribution in [3.63, 3.8) is 0 Å². The smallest absolute Gasteiger partial charge is 0.153 e. The third-order valence-electron chi connectivity index (χ3n) is 3.51. The SMILES string of the molecule is Cc1nnc(-c2cnc(N3C[C@@H](C)O[C@@H](C)C3)c(C=O)c2)s1. The maximum atomic E-state index is 11.5. The normalized spacial score (nSPS) is 21.9. The number of aryl methyl sites for hydroxylation is 1. The minimum Gasteiger partial charge on any atom is -0.372 e. The quantitative estimate of drug-likeness (QED) is 0.809. The first-order valence-electron chi connectivity index (χ1n) is 7.23. The summed E-state index contributed by atoms with van der Waals surface area (Å²) in [5.41, 5.74) is 1.40. The number of hydrogen-bond donors (Lipinski definition) is 0. The van der Waals surface area contributed by atoms with Gasteiger partial charge in [0, 0.05) is 24.8 Å². The average molecular weight is 318 g/mol. The van der Waals surface area contributed by atoms with Crippen LogP contribution >= 0.6 is 11.3 Å². The summed E-state index contributed by atoms with van der Waals surface area (Å²) >= 11 is 1.49. The fourth-order valence-corrected chi connectivity index (χ4v) is 3.38. The Morgan fingerprint density at radius 1 is 1.32 bits per heavy atom. The van der Waals surface area contributed by atoms with Crippen LogP contribution < -0.4 is 4.90 Å². The number of ether oxygens (including phenoxy) is 1. The number of carbonyl (C=O) groups is 1. The summed E-state index contributed by atoms with van der Waals surface area (Å²) in [6.45, 7) is 7.42. The Morgan fingerprint density at radius 3 is 2.64 bits per heavy atom. The van der Waals surface area contributed by atoms with E-state index in [0.29, 0.717) is 11.4 Å². The molecule has 0 bridgehead atoms. The first kappa shape index (κ1) is 15.1. The van der Waals surface area contributed by atoms with Crippen molar-refractivity contribution in [1.29, 1.82) is 0 Å². The number of nitrogens with zero attached hydrogens (tertiary/aromatic N) is 4. The monoisotopic (exact) mass is 318 g/mol. The first-order valence-corrected chi connectivity index (χ1v) is 8.04. The molecule has 22 heavy (non-hydrogen) atoms. The van der Waals surface area contributed by atoms with Crippen LogP contribution in [0.15, 0.2) is 12.3 Å². The summed E-state index contributed by atoms with van der Waals surface area (Å²) in [6, 6.07) is 1.83. The first-order chi connectivity index (χ1) is 10.6. The lowest BCUT2D eigenvalue weighted by atomic mass is 10.1. The summed E-state index contributed by atoms with van der Waals surface area (Å²) < 4.78 is 5.73. The van der Waals surface area contributed by atoms with E-state index in [0.717, 1.165) is 35.0 Å². The molecule has 7 heteroatoms. The highest BCUT2D eigenvalue weighted by molar-refractivity contribution is 7.14. The van der Waals surface area contributed by atoms with Crippen molar-refractivity contribution in [2.45, 2.75) is 33.0 Å². The van der Waals surface area contributed by atoms with E-state index in [1.807, 2.05) is 26.8 Å². The molecule has 1 aliphatic heterocycles. The fourth-order valence-electron chi connectivity index (χ4n) is 2.71. The molecule has 2 aromatic rings. The molecule has 6 nitrogen and oxygen atoms in total. The van der Waals surface area contributed by atoms with Crippen LogP contribution in [0.5, 0.6) is 0 Å². The second-order valence-corrected chi connectivity index (χ2v) is 6.72. The van der Waals surface area contributed by atoms with Crippen molar-refractivity contribution in [1.82, 2.24) is 15.2 Å². The van der Waals surface area contributed by atoms with Crippen LogP contribution in [0.4, 0.5) is 5.82 Å². The fraction of sp³-hybridized carbons (Fsp3) is 0.467. The van der Waals surface area contributed by atoms with E-state index in [-0.39, 0.29) is 12.2 Å². The standard InChI is InChI=1S/C15H18N4O2S/c1-9-6-19(7-10(2)21-9)14-13(8-20)4-12(5-16-14)15-18-17-11(3)22-15/h4-5,8-10H,6-7H2,1-3H3/t9-,10+. The van der Waals surface area contributed by atoms with Gasteiger partial charge in [0.25, 0.3) is 0 Å². The van der Waals surface area contributed by atoms with Crippen LogP contribution in [0.2, 0.25) is 0 Å². The largest absolute Gasteiger partial charge is 0.372 e. The van der Waals surface area contributed by atoms with Gasteiger partial charge in [0.05, 0.1) is 17.8 Å². The number of anilines is 1. The molecule has 1 saturated heterocycles. The van der Waals surface area contributed by atoms with Gasteiger partial charge >= 0.3 is 0 Å². The predicted octanol–water partition coefficient (Wildman–Crippen LogP) is 2.33. The van der Waals surface area contributed by atoms with Crippen LogP contribution in [-0.2, 0) is 4.74 Å². The Kier molecular flexibility index (Phi) is 4.17. The van der Waals surface area contributed by atoms with E-state index in [1.54, 1.807) is 6.20 Å². The van der Waals surface area contributed by atoms with Gasteiger partial charge in [0.15, 0.2) is 6.29 Å². The Hall–Kier alpha value is -1.86. The second-order valence-electron chi connectivity index (χ2n) is 5.54. The maximum Gasteiger partial charge on any atom is 0.153 e.